The van der Waals surface area contributed by atoms with Crippen LogP contribution in [0.4, 0.5) is 0 Å². The molecule has 0 aliphatic carbocycles. The largest absolute Gasteiger partial charge is 0.460 e. The van der Waals surface area contributed by atoms with E-state index < -0.39 is 0 Å². The average Bonchev–Trinajstić information content (AvgIpc) is 3.54. The molecule has 1 unspecified atom stereocenters. The van der Waals surface area contributed by atoms with Crippen LogP contribution < -0.4 is 5.56 Å². The molecule has 5 rings (SSSR count). The Morgan fingerprint density at radius 2 is 1.95 bits per heavy atom. The molecule has 0 amide bonds. The Bertz CT molecular complexity index is 1320. The average molecular weight is 522 g/mol. The van der Waals surface area contributed by atoms with Gasteiger partial charge in [0.2, 0.25) is 0 Å². The molecule has 2 fully saturated rings. The van der Waals surface area contributed by atoms with E-state index in [1.165, 1.54) is 0 Å². The van der Waals surface area contributed by atoms with Crippen LogP contribution in [0.3, 0.4) is 0 Å². The second kappa shape index (κ2) is 11.8. The fourth-order valence-electron chi connectivity index (χ4n) is 5.55. The van der Waals surface area contributed by atoms with Crippen molar-refractivity contribution in [3.05, 3.63) is 51.9 Å². The molecule has 1 aromatic carbocycles. The number of aromatic nitrogens is 3. The van der Waals surface area contributed by atoms with E-state index in [2.05, 4.69) is 41.6 Å². The van der Waals surface area contributed by atoms with E-state index >= 15 is 0 Å². The number of aryl methyl sites for hydroxylation is 2. The lowest BCUT2D eigenvalue weighted by atomic mass is 9.89. The van der Waals surface area contributed by atoms with E-state index in [0.717, 1.165) is 79.8 Å². The number of esters is 1. The Labute approximate surface area is 223 Å². The van der Waals surface area contributed by atoms with Crippen molar-refractivity contribution in [2.45, 2.75) is 65.5 Å². The molecular weight excluding hydrogens is 482 g/mol. The molecule has 2 atom stereocenters. The Kier molecular flexibility index (Phi) is 8.29. The molecule has 2 aliphatic rings. The summed E-state index contributed by atoms with van der Waals surface area (Å²) in [6.45, 7) is 9.59. The number of carbonyl (C=O) groups excluding carboxylic acids is 1. The number of nitrogens with one attached hydrogen (secondary N) is 1. The Morgan fingerprint density at radius 1 is 1.16 bits per heavy atom. The number of ether oxygens (including phenoxy) is 3. The summed E-state index contributed by atoms with van der Waals surface area (Å²) >= 11 is 0. The lowest BCUT2D eigenvalue weighted by molar-refractivity contribution is -0.155. The normalized spacial score (nSPS) is 19.3. The lowest BCUT2D eigenvalue weighted by Gasteiger charge is -2.23. The highest BCUT2D eigenvalue weighted by Crippen LogP contribution is 2.30. The number of aromatic amines is 1. The Balaban J connectivity index is 1.39. The van der Waals surface area contributed by atoms with Gasteiger partial charge < -0.3 is 23.8 Å². The highest BCUT2D eigenvalue weighted by atomic mass is 16.6. The monoisotopic (exact) mass is 521 g/mol. The summed E-state index contributed by atoms with van der Waals surface area (Å²) in [5.41, 5.74) is 4.66. The van der Waals surface area contributed by atoms with E-state index in [0.29, 0.717) is 24.7 Å². The number of carbonyl (C=O) groups is 1. The smallest absolute Gasteiger partial charge is 0.309 e. The van der Waals surface area contributed by atoms with Crippen LogP contribution in [0.5, 0.6) is 0 Å². The molecule has 0 radical (unpaired) electrons. The number of hydrogen-bond acceptors (Lipinski definition) is 6. The number of H-pyrrole nitrogens is 1. The van der Waals surface area contributed by atoms with E-state index in [-0.39, 0.29) is 29.5 Å². The van der Waals surface area contributed by atoms with Gasteiger partial charge in [0.05, 0.1) is 30.2 Å². The van der Waals surface area contributed by atoms with Crippen molar-refractivity contribution in [1.82, 2.24) is 14.5 Å². The third kappa shape index (κ3) is 6.02. The van der Waals surface area contributed by atoms with Crippen LogP contribution in [-0.2, 0) is 32.0 Å². The van der Waals surface area contributed by atoms with Crippen molar-refractivity contribution in [3.63, 3.8) is 0 Å². The van der Waals surface area contributed by atoms with Crippen LogP contribution in [0.2, 0.25) is 0 Å². The summed E-state index contributed by atoms with van der Waals surface area (Å²) in [7, 11) is 0. The molecule has 8 nitrogen and oxygen atoms in total. The minimum Gasteiger partial charge on any atom is -0.460 e. The third-order valence-electron chi connectivity index (χ3n) is 7.96. The minimum absolute atomic E-state index is 0.0817. The van der Waals surface area contributed by atoms with Gasteiger partial charge in [-0.25, -0.2) is 4.98 Å². The number of imidazole rings is 1. The van der Waals surface area contributed by atoms with Crippen molar-refractivity contribution < 1.29 is 19.0 Å². The van der Waals surface area contributed by atoms with Crippen LogP contribution in [0.25, 0.3) is 22.4 Å². The zero-order chi connectivity index (χ0) is 26.6. The third-order valence-corrected chi connectivity index (χ3v) is 7.96. The summed E-state index contributed by atoms with van der Waals surface area (Å²) in [4.78, 5) is 32.8. The number of rotatable bonds is 9. The second-order valence-corrected chi connectivity index (χ2v) is 11.1. The van der Waals surface area contributed by atoms with Crippen LogP contribution in [-0.4, -0.2) is 53.0 Å². The standard InChI is InChI=1S/C30H39N3O5/c1-19(2)25(30(35)38-24-10-13-37-18-24)6-4-21-5-7-27-26(15-21)32-28(23-14-20(3)29(34)31-16-23)33(27)17-22-8-11-36-12-9-22/h5,7,14-16,19,22,24-25H,4,6,8-13,17-18H2,1-3H3,(H,31,34)/t24?,25-/m0/s1. The van der Waals surface area contributed by atoms with Crippen LogP contribution in [0, 0.1) is 24.7 Å². The Hall–Kier alpha value is -2.97. The maximum Gasteiger partial charge on any atom is 0.309 e. The number of benzene rings is 1. The van der Waals surface area contributed by atoms with Gasteiger partial charge in [0.1, 0.15) is 11.9 Å². The molecule has 4 heterocycles. The van der Waals surface area contributed by atoms with E-state index in [4.69, 9.17) is 19.2 Å². The van der Waals surface area contributed by atoms with Gasteiger partial charge in [-0.2, -0.15) is 0 Å². The maximum atomic E-state index is 12.9. The summed E-state index contributed by atoms with van der Waals surface area (Å²) in [6, 6.07) is 8.36. The Morgan fingerprint density at radius 3 is 2.66 bits per heavy atom. The lowest BCUT2D eigenvalue weighted by Crippen LogP contribution is -2.28. The number of hydrogen-bond donors (Lipinski definition) is 1. The molecule has 1 N–H and O–H groups in total. The van der Waals surface area contributed by atoms with Crippen molar-refractivity contribution in [1.29, 1.82) is 0 Å². The first-order valence-electron chi connectivity index (χ1n) is 13.9. The van der Waals surface area contributed by atoms with E-state index in [1.807, 2.05) is 13.0 Å². The van der Waals surface area contributed by atoms with Gasteiger partial charge in [0.25, 0.3) is 5.56 Å². The number of nitrogens with zero attached hydrogens (tertiary/aromatic N) is 2. The summed E-state index contributed by atoms with van der Waals surface area (Å²) in [5, 5.41) is 0. The molecule has 0 saturated carbocycles. The first-order valence-corrected chi connectivity index (χ1v) is 13.9. The molecule has 2 aliphatic heterocycles. The van der Waals surface area contributed by atoms with Crippen molar-refractivity contribution in [2.75, 3.05) is 26.4 Å². The van der Waals surface area contributed by atoms with E-state index in [1.54, 1.807) is 6.20 Å². The highest BCUT2D eigenvalue weighted by molar-refractivity contribution is 5.81. The van der Waals surface area contributed by atoms with Gasteiger partial charge in [-0.1, -0.05) is 19.9 Å². The molecule has 0 bridgehead atoms. The predicted octanol–water partition coefficient (Wildman–Crippen LogP) is 4.66. The molecule has 3 aromatic rings. The summed E-state index contributed by atoms with van der Waals surface area (Å²) < 4.78 is 19.0. The van der Waals surface area contributed by atoms with Gasteiger partial charge >= 0.3 is 5.97 Å². The fourth-order valence-corrected chi connectivity index (χ4v) is 5.55. The molecule has 2 aromatic heterocycles. The number of fused-ring (bicyclic) bond motifs is 1. The van der Waals surface area contributed by atoms with Gasteiger partial charge in [-0.3, -0.25) is 9.59 Å². The molecule has 8 heteroatoms. The first kappa shape index (κ1) is 26.6. The number of pyridine rings is 1. The zero-order valence-electron chi connectivity index (χ0n) is 22.7. The second-order valence-electron chi connectivity index (χ2n) is 11.1. The predicted molar refractivity (Wildman–Crippen MR) is 146 cm³/mol. The maximum absolute atomic E-state index is 12.9. The van der Waals surface area contributed by atoms with Gasteiger partial charge in [0.15, 0.2) is 0 Å². The topological polar surface area (TPSA) is 95.4 Å². The zero-order valence-corrected chi connectivity index (χ0v) is 22.7. The van der Waals surface area contributed by atoms with Crippen molar-refractivity contribution in [3.8, 4) is 11.4 Å². The molecular formula is C30H39N3O5. The molecule has 0 spiro atoms. The van der Waals surface area contributed by atoms with Crippen LogP contribution in [0.15, 0.2) is 35.3 Å². The van der Waals surface area contributed by atoms with Gasteiger partial charge in [0, 0.05) is 43.5 Å². The minimum atomic E-state index is -0.156. The van der Waals surface area contributed by atoms with E-state index in [9.17, 15) is 9.59 Å². The van der Waals surface area contributed by atoms with Gasteiger partial charge in [-0.05, 0) is 68.2 Å². The summed E-state index contributed by atoms with van der Waals surface area (Å²) in [5.74, 6) is 1.31. The SMILES string of the molecule is Cc1cc(-c2nc3cc(CC[C@H](C(=O)OC4CCOC4)C(C)C)ccc3n2CC2CCOCC2)c[nH]c1=O. The highest BCUT2D eigenvalue weighted by Gasteiger charge is 2.28. The van der Waals surface area contributed by atoms with Gasteiger partial charge in [-0.15, -0.1) is 0 Å². The first-order chi connectivity index (χ1) is 18.4. The van der Waals surface area contributed by atoms with Crippen LogP contribution >= 0.6 is 0 Å². The fraction of sp³-hybridized carbons (Fsp3) is 0.567. The quantitative estimate of drug-likeness (QED) is 0.412. The van der Waals surface area contributed by atoms with Crippen LogP contribution in [0.1, 0.15) is 50.7 Å². The molecule has 204 valence electrons. The summed E-state index contributed by atoms with van der Waals surface area (Å²) in [6.07, 6.45) is 5.98. The molecule has 38 heavy (non-hydrogen) atoms. The van der Waals surface area contributed by atoms with Crippen molar-refractivity contribution >= 4 is 17.0 Å². The van der Waals surface area contributed by atoms with Crippen molar-refractivity contribution in [2.24, 2.45) is 17.8 Å². The molecule has 2 saturated heterocycles.